The third kappa shape index (κ3) is 2.75. The maximum Gasteiger partial charge on any atom is 0.126 e. The van der Waals surface area contributed by atoms with Gasteiger partial charge in [-0.1, -0.05) is 6.07 Å². The fraction of sp³-hybridized carbons (Fsp3) is 0.250. The molecule has 98 valence electrons. The van der Waals surface area contributed by atoms with Gasteiger partial charge in [0.05, 0.1) is 0 Å². The van der Waals surface area contributed by atoms with Crippen LogP contribution >= 0.6 is 0 Å². The second-order valence-electron chi connectivity index (χ2n) is 4.97. The Bertz CT molecular complexity index is 587. The van der Waals surface area contributed by atoms with Crippen LogP contribution in [0.4, 0.5) is 14.5 Å². The second-order valence-corrected chi connectivity index (χ2v) is 4.97. The number of benzene rings is 2. The molecule has 0 amide bonds. The lowest BCUT2D eigenvalue weighted by molar-refractivity contribution is 0.580. The van der Waals surface area contributed by atoms with Crippen LogP contribution in [0.3, 0.4) is 0 Å². The molecule has 0 bridgehead atoms. The molecule has 2 aromatic carbocycles. The molecule has 0 saturated heterocycles. The molecular formula is C16H15F2N. The molecule has 0 spiro atoms. The summed E-state index contributed by atoms with van der Waals surface area (Å²) >= 11 is 0. The lowest BCUT2D eigenvalue weighted by atomic mass is 10.1. The molecule has 1 aliphatic carbocycles. The molecule has 3 rings (SSSR count). The highest BCUT2D eigenvalue weighted by Gasteiger charge is 2.10. The number of rotatable bonds is 3. The lowest BCUT2D eigenvalue weighted by Crippen LogP contribution is -2.01. The molecule has 1 N–H and O–H groups in total. The number of nitrogens with one attached hydrogen (secondary N) is 1. The van der Waals surface area contributed by atoms with Gasteiger partial charge in [0, 0.05) is 18.3 Å². The fourth-order valence-corrected chi connectivity index (χ4v) is 2.60. The molecule has 0 heterocycles. The van der Waals surface area contributed by atoms with Gasteiger partial charge in [0.25, 0.3) is 0 Å². The third-order valence-corrected chi connectivity index (χ3v) is 3.52. The van der Waals surface area contributed by atoms with Crippen molar-refractivity contribution < 1.29 is 8.78 Å². The van der Waals surface area contributed by atoms with Crippen molar-refractivity contribution in [3.8, 4) is 0 Å². The average molecular weight is 259 g/mol. The predicted octanol–water partition coefficient (Wildman–Crippen LogP) is 4.07. The van der Waals surface area contributed by atoms with Gasteiger partial charge in [0.15, 0.2) is 0 Å². The summed E-state index contributed by atoms with van der Waals surface area (Å²) < 4.78 is 26.1. The van der Waals surface area contributed by atoms with Crippen molar-refractivity contribution in [1.29, 1.82) is 0 Å². The Balaban J connectivity index is 1.72. The summed E-state index contributed by atoms with van der Waals surface area (Å²) in [5.74, 6) is -1.07. The second kappa shape index (κ2) is 5.00. The molecular weight excluding hydrogens is 244 g/mol. The zero-order chi connectivity index (χ0) is 13.2. The first-order chi connectivity index (χ1) is 9.20. The zero-order valence-corrected chi connectivity index (χ0v) is 10.5. The molecule has 1 nitrogen and oxygen atoms in total. The van der Waals surface area contributed by atoms with Crippen LogP contribution in [0.5, 0.6) is 0 Å². The number of hydrogen-bond donors (Lipinski definition) is 1. The van der Waals surface area contributed by atoms with Gasteiger partial charge < -0.3 is 5.32 Å². The summed E-state index contributed by atoms with van der Waals surface area (Å²) in [6.07, 6.45) is 3.50. The van der Waals surface area contributed by atoms with Crippen molar-refractivity contribution in [2.24, 2.45) is 0 Å². The SMILES string of the molecule is Fc1cc(F)cc(CNc2ccc3c(c2)CCC3)c1. The van der Waals surface area contributed by atoms with E-state index in [1.807, 2.05) is 6.07 Å². The van der Waals surface area contributed by atoms with Crippen LogP contribution < -0.4 is 5.32 Å². The van der Waals surface area contributed by atoms with Crippen molar-refractivity contribution >= 4 is 5.69 Å². The highest BCUT2D eigenvalue weighted by Crippen LogP contribution is 2.25. The zero-order valence-electron chi connectivity index (χ0n) is 10.5. The monoisotopic (exact) mass is 259 g/mol. The summed E-state index contributed by atoms with van der Waals surface area (Å²) in [4.78, 5) is 0. The van der Waals surface area contributed by atoms with Crippen molar-refractivity contribution in [3.63, 3.8) is 0 Å². The van der Waals surface area contributed by atoms with Gasteiger partial charge in [-0.3, -0.25) is 0 Å². The van der Waals surface area contributed by atoms with E-state index >= 15 is 0 Å². The minimum absolute atomic E-state index is 0.424. The molecule has 3 heteroatoms. The first kappa shape index (κ1) is 12.2. The van der Waals surface area contributed by atoms with Gasteiger partial charge in [0.1, 0.15) is 11.6 Å². The quantitative estimate of drug-likeness (QED) is 0.876. The minimum Gasteiger partial charge on any atom is -0.381 e. The Morgan fingerprint density at radius 3 is 2.42 bits per heavy atom. The topological polar surface area (TPSA) is 12.0 Å². The fourth-order valence-electron chi connectivity index (χ4n) is 2.60. The highest BCUT2D eigenvalue weighted by molar-refractivity contribution is 5.50. The largest absolute Gasteiger partial charge is 0.381 e. The predicted molar refractivity (Wildman–Crippen MR) is 72.2 cm³/mol. The summed E-state index contributed by atoms with van der Waals surface area (Å²) in [7, 11) is 0. The number of hydrogen-bond acceptors (Lipinski definition) is 1. The van der Waals surface area contributed by atoms with Crippen molar-refractivity contribution in [1.82, 2.24) is 0 Å². The standard InChI is InChI=1S/C16H15F2N/c17-14-6-11(7-15(18)9-14)10-19-16-5-4-12-2-1-3-13(12)8-16/h4-9,19H,1-3,10H2. The summed E-state index contributed by atoms with van der Waals surface area (Å²) in [5, 5.41) is 3.21. The smallest absolute Gasteiger partial charge is 0.126 e. The number of halogens is 2. The summed E-state index contributed by atoms with van der Waals surface area (Å²) in [6.45, 7) is 0.424. The molecule has 0 atom stereocenters. The van der Waals surface area contributed by atoms with E-state index in [0.717, 1.165) is 24.6 Å². The summed E-state index contributed by atoms with van der Waals surface area (Å²) in [6, 6.07) is 9.89. The molecule has 0 aromatic heterocycles. The normalized spacial score (nSPS) is 13.4. The van der Waals surface area contributed by atoms with Gasteiger partial charge in [-0.05, 0) is 60.2 Å². The lowest BCUT2D eigenvalue weighted by Gasteiger charge is -2.09. The van der Waals surface area contributed by atoms with Gasteiger partial charge >= 0.3 is 0 Å². The van der Waals surface area contributed by atoms with Crippen LogP contribution in [0.1, 0.15) is 23.1 Å². The Morgan fingerprint density at radius 1 is 0.895 bits per heavy atom. The Morgan fingerprint density at radius 2 is 1.63 bits per heavy atom. The van der Waals surface area contributed by atoms with Gasteiger partial charge in [-0.15, -0.1) is 0 Å². The van der Waals surface area contributed by atoms with Crippen LogP contribution in [0.25, 0.3) is 0 Å². The number of fused-ring (bicyclic) bond motifs is 1. The first-order valence-corrected chi connectivity index (χ1v) is 6.51. The van der Waals surface area contributed by atoms with E-state index in [1.165, 1.54) is 29.7 Å². The molecule has 19 heavy (non-hydrogen) atoms. The van der Waals surface area contributed by atoms with Crippen LogP contribution in [0.15, 0.2) is 36.4 Å². The molecule has 0 fully saturated rings. The van der Waals surface area contributed by atoms with E-state index in [0.29, 0.717) is 12.1 Å². The average Bonchev–Trinajstić information content (AvgIpc) is 2.82. The first-order valence-electron chi connectivity index (χ1n) is 6.51. The summed E-state index contributed by atoms with van der Waals surface area (Å²) in [5.41, 5.74) is 4.42. The highest BCUT2D eigenvalue weighted by atomic mass is 19.1. The van der Waals surface area contributed by atoms with E-state index in [-0.39, 0.29) is 0 Å². The molecule has 0 aliphatic heterocycles. The van der Waals surface area contributed by atoms with E-state index in [9.17, 15) is 8.78 Å². The van der Waals surface area contributed by atoms with Crippen LogP contribution in [-0.4, -0.2) is 0 Å². The molecule has 0 unspecified atom stereocenters. The Kier molecular flexibility index (Phi) is 3.20. The number of aryl methyl sites for hydroxylation is 2. The molecule has 2 aromatic rings. The maximum absolute atomic E-state index is 13.1. The van der Waals surface area contributed by atoms with Crippen LogP contribution in [0, 0.1) is 11.6 Å². The van der Waals surface area contributed by atoms with Gasteiger partial charge in [-0.25, -0.2) is 8.78 Å². The Labute approximate surface area is 111 Å². The van der Waals surface area contributed by atoms with E-state index in [1.54, 1.807) is 0 Å². The number of anilines is 1. The van der Waals surface area contributed by atoms with Crippen molar-refractivity contribution in [2.75, 3.05) is 5.32 Å². The minimum atomic E-state index is -0.536. The third-order valence-electron chi connectivity index (χ3n) is 3.52. The van der Waals surface area contributed by atoms with Crippen molar-refractivity contribution in [3.05, 3.63) is 64.7 Å². The van der Waals surface area contributed by atoms with Crippen LogP contribution in [-0.2, 0) is 19.4 Å². The maximum atomic E-state index is 13.1. The van der Waals surface area contributed by atoms with E-state index in [2.05, 4.69) is 17.4 Å². The molecule has 0 saturated carbocycles. The van der Waals surface area contributed by atoms with Gasteiger partial charge in [-0.2, -0.15) is 0 Å². The van der Waals surface area contributed by atoms with Crippen LogP contribution in [0.2, 0.25) is 0 Å². The van der Waals surface area contributed by atoms with E-state index < -0.39 is 11.6 Å². The molecule has 0 radical (unpaired) electrons. The van der Waals surface area contributed by atoms with Crippen molar-refractivity contribution in [2.45, 2.75) is 25.8 Å². The van der Waals surface area contributed by atoms with Gasteiger partial charge in [0.2, 0.25) is 0 Å². The molecule has 1 aliphatic rings. The Hall–Kier alpha value is -1.90. The van der Waals surface area contributed by atoms with E-state index in [4.69, 9.17) is 0 Å².